The third-order valence-corrected chi connectivity index (χ3v) is 4.54. The predicted octanol–water partition coefficient (Wildman–Crippen LogP) is 1.69. The fourth-order valence-corrected chi connectivity index (χ4v) is 3.22. The third kappa shape index (κ3) is 3.89. The highest BCUT2D eigenvalue weighted by atomic mass is 16.2. The van der Waals surface area contributed by atoms with Crippen LogP contribution in [0.4, 0.5) is 0 Å². The molecule has 1 atom stereocenters. The summed E-state index contributed by atoms with van der Waals surface area (Å²) < 4.78 is 0. The minimum Gasteiger partial charge on any atom is -0.309 e. The highest BCUT2D eigenvalue weighted by Gasteiger charge is 2.33. The highest BCUT2D eigenvalue weighted by molar-refractivity contribution is 6.03. The monoisotopic (exact) mass is 323 g/mol. The van der Waals surface area contributed by atoms with E-state index in [9.17, 15) is 9.59 Å². The molecule has 0 saturated carbocycles. The van der Waals surface area contributed by atoms with E-state index in [1.54, 1.807) is 12.1 Å². The molecule has 1 amide bonds. The molecule has 4 heteroatoms. The molecule has 1 aliphatic heterocycles. The number of rotatable bonds is 5. The van der Waals surface area contributed by atoms with Crippen LogP contribution in [0, 0.1) is 0 Å². The Balaban J connectivity index is 1.82. The normalized spacial score (nSPS) is 16.3. The summed E-state index contributed by atoms with van der Waals surface area (Å²) in [6.07, 6.45) is 2.85. The van der Waals surface area contributed by atoms with E-state index in [0.29, 0.717) is 11.1 Å². The first-order chi connectivity index (χ1) is 11.8. The van der Waals surface area contributed by atoms with Crippen molar-refractivity contribution in [1.29, 1.82) is 0 Å². The molecule has 0 radical (unpaired) electrons. The summed E-state index contributed by atoms with van der Waals surface area (Å²) in [5.74, 6) is -0.209. The first kappa shape index (κ1) is 16.4. The average Bonchev–Trinajstić information content (AvgIpc) is 2.67. The summed E-state index contributed by atoms with van der Waals surface area (Å²) in [6.45, 7) is 1.83. The fourth-order valence-electron chi connectivity index (χ4n) is 3.22. The van der Waals surface area contributed by atoms with E-state index in [1.165, 1.54) is 6.42 Å². The van der Waals surface area contributed by atoms with Crippen LogP contribution in [0.15, 0.2) is 60.7 Å². The second-order valence-corrected chi connectivity index (χ2v) is 6.22. The van der Waals surface area contributed by atoms with E-state index >= 15 is 0 Å². The Morgan fingerprint density at radius 3 is 1.92 bits per heavy atom. The van der Waals surface area contributed by atoms with Crippen molar-refractivity contribution < 1.29 is 14.5 Å². The molecule has 124 valence electrons. The second-order valence-electron chi connectivity index (χ2n) is 6.22. The number of carbonyl (C=O) groups excluding carboxylic acids is 2. The quantitative estimate of drug-likeness (QED) is 0.823. The zero-order valence-corrected chi connectivity index (χ0v) is 13.7. The van der Waals surface area contributed by atoms with Crippen molar-refractivity contribution >= 4 is 11.7 Å². The van der Waals surface area contributed by atoms with Crippen LogP contribution in [0.5, 0.6) is 0 Å². The van der Waals surface area contributed by atoms with Crippen LogP contribution in [0.2, 0.25) is 0 Å². The van der Waals surface area contributed by atoms with Crippen molar-refractivity contribution in [1.82, 2.24) is 5.32 Å². The number of benzene rings is 2. The van der Waals surface area contributed by atoms with Crippen molar-refractivity contribution in [3.63, 3.8) is 0 Å². The van der Waals surface area contributed by atoms with Gasteiger partial charge < -0.3 is 4.90 Å². The molecule has 0 unspecified atom stereocenters. The van der Waals surface area contributed by atoms with Gasteiger partial charge in [-0.1, -0.05) is 48.5 Å². The second kappa shape index (κ2) is 7.88. The molecule has 4 nitrogen and oxygen atoms in total. The van der Waals surface area contributed by atoms with Crippen molar-refractivity contribution in [2.24, 2.45) is 0 Å². The van der Waals surface area contributed by atoms with Gasteiger partial charge in [-0.05, 0) is 31.4 Å². The average molecular weight is 323 g/mol. The van der Waals surface area contributed by atoms with E-state index in [-0.39, 0.29) is 11.7 Å². The van der Waals surface area contributed by atoms with Gasteiger partial charge in [0.2, 0.25) is 11.9 Å². The molecular weight excluding hydrogens is 300 g/mol. The van der Waals surface area contributed by atoms with Gasteiger partial charge in [-0.25, -0.2) is 0 Å². The molecule has 0 aliphatic carbocycles. The molecule has 2 aromatic carbocycles. The number of piperidine rings is 1. The number of quaternary nitrogens is 1. The Kier molecular flexibility index (Phi) is 5.39. The number of likely N-dealkylation sites (tertiary alicyclic amines) is 1. The summed E-state index contributed by atoms with van der Waals surface area (Å²) in [6, 6.07) is 18.3. The van der Waals surface area contributed by atoms with Gasteiger partial charge >= 0.3 is 0 Å². The SMILES string of the molecule is O=C(N[C@@H](C(=O)c1ccccc1)[NH+]1CCCCC1)c1ccccc1. The van der Waals surface area contributed by atoms with Crippen molar-refractivity contribution in [3.8, 4) is 0 Å². The third-order valence-electron chi connectivity index (χ3n) is 4.54. The maximum Gasteiger partial charge on any atom is 0.256 e. The van der Waals surface area contributed by atoms with Gasteiger partial charge in [0.15, 0.2) is 0 Å². The molecule has 3 rings (SSSR count). The van der Waals surface area contributed by atoms with Crippen LogP contribution in [0.3, 0.4) is 0 Å². The topological polar surface area (TPSA) is 50.6 Å². The molecule has 1 fully saturated rings. The van der Waals surface area contributed by atoms with Crippen LogP contribution >= 0.6 is 0 Å². The summed E-state index contributed by atoms with van der Waals surface area (Å²) >= 11 is 0. The van der Waals surface area contributed by atoms with E-state index < -0.39 is 6.17 Å². The molecule has 0 bridgehead atoms. The lowest BCUT2D eigenvalue weighted by Gasteiger charge is -2.31. The Labute approximate surface area is 142 Å². The zero-order valence-electron chi connectivity index (χ0n) is 13.7. The van der Waals surface area contributed by atoms with Gasteiger partial charge in [-0.3, -0.25) is 14.9 Å². The van der Waals surface area contributed by atoms with Gasteiger partial charge in [0, 0.05) is 11.1 Å². The van der Waals surface area contributed by atoms with Gasteiger partial charge in [-0.2, -0.15) is 0 Å². The highest BCUT2D eigenvalue weighted by Crippen LogP contribution is 2.05. The zero-order chi connectivity index (χ0) is 16.8. The largest absolute Gasteiger partial charge is 0.309 e. The number of ketones is 1. The molecular formula is C20H23N2O2+. The number of hydrogen-bond acceptors (Lipinski definition) is 2. The Hall–Kier alpha value is -2.46. The molecule has 1 aliphatic rings. The molecule has 0 aromatic heterocycles. The molecule has 0 spiro atoms. The number of hydrogen-bond donors (Lipinski definition) is 2. The Morgan fingerprint density at radius 1 is 0.792 bits per heavy atom. The smallest absolute Gasteiger partial charge is 0.256 e. The first-order valence-corrected chi connectivity index (χ1v) is 8.55. The number of nitrogens with one attached hydrogen (secondary N) is 2. The van der Waals surface area contributed by atoms with E-state index in [2.05, 4.69) is 5.32 Å². The van der Waals surface area contributed by atoms with Gasteiger partial charge in [0.25, 0.3) is 5.91 Å². The van der Waals surface area contributed by atoms with E-state index in [0.717, 1.165) is 30.8 Å². The van der Waals surface area contributed by atoms with E-state index in [1.807, 2.05) is 48.5 Å². The van der Waals surface area contributed by atoms with Crippen molar-refractivity contribution in [3.05, 3.63) is 71.8 Å². The van der Waals surface area contributed by atoms with Crippen LogP contribution in [-0.2, 0) is 0 Å². The summed E-state index contributed by atoms with van der Waals surface area (Å²) in [5, 5.41) is 2.98. The van der Waals surface area contributed by atoms with Crippen LogP contribution in [0.25, 0.3) is 0 Å². The maximum absolute atomic E-state index is 13.0. The molecule has 24 heavy (non-hydrogen) atoms. The van der Waals surface area contributed by atoms with Crippen molar-refractivity contribution in [2.75, 3.05) is 13.1 Å². The number of carbonyl (C=O) groups is 2. The summed E-state index contributed by atoms with van der Waals surface area (Å²) in [7, 11) is 0. The minimum atomic E-state index is -0.527. The molecule has 1 saturated heterocycles. The minimum absolute atomic E-state index is 0.0169. The van der Waals surface area contributed by atoms with Crippen LogP contribution in [0.1, 0.15) is 40.0 Å². The van der Waals surface area contributed by atoms with E-state index in [4.69, 9.17) is 0 Å². The number of Topliss-reactive ketones (excluding diaryl/α,β-unsaturated/α-hetero) is 1. The summed E-state index contributed by atoms with van der Waals surface area (Å²) in [4.78, 5) is 26.7. The van der Waals surface area contributed by atoms with Crippen LogP contribution < -0.4 is 10.2 Å². The Morgan fingerprint density at radius 2 is 1.33 bits per heavy atom. The lowest BCUT2D eigenvalue weighted by Crippen LogP contribution is -3.19. The van der Waals surface area contributed by atoms with Gasteiger partial charge in [0.05, 0.1) is 13.1 Å². The lowest BCUT2D eigenvalue weighted by molar-refractivity contribution is -0.922. The summed E-state index contributed by atoms with van der Waals surface area (Å²) in [5.41, 5.74) is 1.23. The predicted molar refractivity (Wildman–Crippen MR) is 93.0 cm³/mol. The Bertz CT molecular complexity index is 679. The maximum atomic E-state index is 13.0. The number of amides is 1. The molecule has 1 heterocycles. The first-order valence-electron chi connectivity index (χ1n) is 8.55. The van der Waals surface area contributed by atoms with Crippen molar-refractivity contribution in [2.45, 2.75) is 25.4 Å². The lowest BCUT2D eigenvalue weighted by atomic mass is 10.0. The van der Waals surface area contributed by atoms with Gasteiger partial charge in [-0.15, -0.1) is 0 Å². The fraction of sp³-hybridized carbons (Fsp3) is 0.300. The standard InChI is InChI=1S/C20H22N2O2/c23-18(16-10-4-1-5-11-16)19(22-14-8-3-9-15-22)21-20(24)17-12-6-2-7-13-17/h1-2,4-7,10-13,19H,3,8-9,14-15H2,(H,21,24)/p+1/t19-/m1/s1. The molecule has 2 aromatic rings. The van der Waals surface area contributed by atoms with Gasteiger partial charge in [0.1, 0.15) is 0 Å². The van der Waals surface area contributed by atoms with Crippen LogP contribution in [-0.4, -0.2) is 30.9 Å². The molecule has 2 N–H and O–H groups in total.